The molecule has 574 valence electrons. The third kappa shape index (κ3) is 39.8. The van der Waals surface area contributed by atoms with Crippen molar-refractivity contribution in [3.63, 3.8) is 0 Å². The maximum Gasteiger partial charge on any atom is 0.338 e. The number of allylic oxidation sites excluding steroid dienone is 1. The van der Waals surface area contributed by atoms with Crippen LogP contribution in [0, 0.1) is 37.9 Å². The highest BCUT2D eigenvalue weighted by atomic mass is 35.5. The first-order valence-electron chi connectivity index (χ1n) is 34.3. The summed E-state index contributed by atoms with van der Waals surface area (Å²) in [6.45, 7) is 60.1. The van der Waals surface area contributed by atoms with Crippen molar-refractivity contribution in [2.45, 2.75) is 257 Å². The number of pyridine rings is 1. The van der Waals surface area contributed by atoms with Crippen molar-refractivity contribution >= 4 is 109 Å². The first kappa shape index (κ1) is 96.0. The molecule has 0 aliphatic carbocycles. The van der Waals surface area contributed by atoms with Gasteiger partial charge in [0.05, 0.1) is 40.6 Å². The number of hydrogen-bond acceptors (Lipinski definition) is 16. The number of benzene rings is 2. The minimum absolute atomic E-state index is 0.00421. The van der Waals surface area contributed by atoms with Gasteiger partial charge in [0.1, 0.15) is 11.3 Å². The highest BCUT2D eigenvalue weighted by Crippen LogP contribution is 2.42. The predicted octanol–water partition coefficient (Wildman–Crippen LogP) is 16.7. The lowest BCUT2D eigenvalue weighted by molar-refractivity contribution is -0.203. The number of nitrogens with zero attached hydrogens (tertiary/aromatic N) is 3. The van der Waals surface area contributed by atoms with Crippen molar-refractivity contribution in [2.24, 2.45) is 37.9 Å². The second-order valence-electron chi connectivity index (χ2n) is 35.2. The fourth-order valence-corrected chi connectivity index (χ4v) is 14.9. The number of ketones is 1. The quantitative estimate of drug-likeness (QED) is 0.0352. The molecule has 9 rings (SSSR count). The summed E-state index contributed by atoms with van der Waals surface area (Å²) in [5, 5.41) is 13.0. The fourth-order valence-electron chi connectivity index (χ4n) is 8.57. The molecule has 102 heavy (non-hydrogen) atoms. The Hall–Kier alpha value is -6.01. The van der Waals surface area contributed by atoms with Gasteiger partial charge in [-0.25, -0.2) is 27.8 Å². The lowest BCUT2D eigenvalue weighted by Gasteiger charge is -2.30. The number of hydroxylamine groups is 2. The molecule has 0 unspecified atom stereocenters. The molecule has 19 nitrogen and oxygen atoms in total. The molecule has 0 saturated carbocycles. The second-order valence-corrected chi connectivity index (χ2v) is 41.8. The van der Waals surface area contributed by atoms with Gasteiger partial charge in [0.2, 0.25) is 0 Å². The second kappa shape index (κ2) is 41.0. The van der Waals surface area contributed by atoms with Gasteiger partial charge in [-0.3, -0.25) is 28.9 Å². The first-order valence-corrected chi connectivity index (χ1v) is 39.7. The van der Waals surface area contributed by atoms with Crippen molar-refractivity contribution in [1.82, 2.24) is 36.2 Å². The number of aldehydes is 1. The third-order valence-electron chi connectivity index (χ3n) is 13.4. The van der Waals surface area contributed by atoms with Gasteiger partial charge in [0.15, 0.2) is 15.6 Å². The monoisotopic (exact) mass is 1510 g/mol. The van der Waals surface area contributed by atoms with Crippen LogP contribution in [0.1, 0.15) is 223 Å². The van der Waals surface area contributed by atoms with Crippen LogP contribution >= 0.6 is 45.0 Å². The number of alkyl halides is 1. The number of carbonyl (C=O) groups is 9. The molecule has 0 spiro atoms. The number of fused-ring (bicyclic) bond motifs is 2. The van der Waals surface area contributed by atoms with Crippen molar-refractivity contribution < 1.29 is 56.4 Å². The minimum Gasteiger partial charge on any atom is -0.332 e. The van der Waals surface area contributed by atoms with Crippen LogP contribution in [-0.2, 0) is 43.4 Å². The van der Waals surface area contributed by atoms with Crippen LogP contribution in [0.15, 0.2) is 115 Å². The Morgan fingerprint density at radius 2 is 1.02 bits per heavy atom. The topological polar surface area (TPSA) is 264 Å². The maximum absolute atomic E-state index is 11.9. The van der Waals surface area contributed by atoms with Crippen LogP contribution in [0.2, 0.25) is 0 Å². The molecule has 7 heterocycles. The molecule has 8 amide bonds. The summed E-state index contributed by atoms with van der Waals surface area (Å²) in [5.74, 6) is -0.00560. The third-order valence-corrected chi connectivity index (χ3v) is 22.0. The number of aromatic nitrogens is 1. The Morgan fingerprint density at radius 3 is 1.34 bits per heavy atom. The lowest BCUT2D eigenvalue weighted by Crippen LogP contribution is -2.46. The van der Waals surface area contributed by atoms with Gasteiger partial charge < -0.3 is 30.9 Å². The smallest absolute Gasteiger partial charge is 0.332 e. The van der Waals surface area contributed by atoms with E-state index < -0.39 is 43.8 Å². The molecule has 24 heteroatoms. The molecule has 0 bridgehead atoms. The van der Waals surface area contributed by atoms with Gasteiger partial charge in [0.25, 0.3) is 23.6 Å². The molecular formula is C78H124ClN7O12S4. The number of amides is 8. The number of rotatable bonds is 5. The number of thioether (sulfide) groups is 1. The number of imide groups is 2. The average Bonchev–Trinajstić information content (AvgIpc) is 1.59. The van der Waals surface area contributed by atoms with Crippen LogP contribution < -0.4 is 21.3 Å². The Labute approximate surface area is 630 Å². The van der Waals surface area contributed by atoms with E-state index in [9.17, 15) is 51.6 Å². The summed E-state index contributed by atoms with van der Waals surface area (Å²) in [6.07, 6.45) is 7.54. The van der Waals surface area contributed by atoms with Crippen molar-refractivity contribution in [1.29, 1.82) is 0 Å². The van der Waals surface area contributed by atoms with Crippen molar-refractivity contribution in [2.75, 3.05) is 17.4 Å². The number of carbonyl (C=O) groups excluding carboxylic acids is 9. The van der Waals surface area contributed by atoms with Gasteiger partial charge >= 0.3 is 18.0 Å². The Kier molecular flexibility index (Phi) is 38.6. The zero-order valence-electron chi connectivity index (χ0n) is 66.4. The Morgan fingerprint density at radius 1 is 0.618 bits per heavy atom. The number of nitrogens with one attached hydrogen (secondary N) is 4. The number of hydrogen-bond donors (Lipinski definition) is 4. The van der Waals surface area contributed by atoms with E-state index in [2.05, 4.69) is 144 Å². The zero-order chi connectivity index (χ0) is 79.6. The summed E-state index contributed by atoms with van der Waals surface area (Å²) in [5.41, 5.74) is 1.24. The summed E-state index contributed by atoms with van der Waals surface area (Å²) in [4.78, 5) is 110. The van der Waals surface area contributed by atoms with Crippen LogP contribution in [-0.4, -0.2) is 139 Å². The molecule has 5 saturated heterocycles. The summed E-state index contributed by atoms with van der Waals surface area (Å²) < 4.78 is 24.2. The molecule has 5 fully saturated rings. The van der Waals surface area contributed by atoms with E-state index >= 15 is 0 Å². The van der Waals surface area contributed by atoms with Crippen LogP contribution in [0.4, 0.5) is 9.59 Å². The number of halogens is 1. The summed E-state index contributed by atoms with van der Waals surface area (Å²) in [6, 6.07) is 24.5. The highest BCUT2D eigenvalue weighted by Gasteiger charge is 2.56. The molecule has 6 aliphatic rings. The normalized spacial score (nSPS) is 20.2. The summed E-state index contributed by atoms with van der Waals surface area (Å²) >= 11 is 7.44. The number of urea groups is 2. The van der Waals surface area contributed by atoms with E-state index in [0.29, 0.717) is 43.4 Å². The van der Waals surface area contributed by atoms with E-state index in [1.54, 1.807) is 31.6 Å². The van der Waals surface area contributed by atoms with Crippen LogP contribution in [0.25, 0.3) is 0 Å². The van der Waals surface area contributed by atoms with E-state index in [0.717, 1.165) is 34.1 Å². The largest absolute Gasteiger partial charge is 0.338 e. The Balaban J connectivity index is 0.00000113. The maximum atomic E-state index is 11.9. The predicted molar refractivity (Wildman–Crippen MR) is 423 cm³/mol. The van der Waals surface area contributed by atoms with E-state index in [1.807, 2.05) is 176 Å². The van der Waals surface area contributed by atoms with E-state index in [4.69, 9.17) is 16.4 Å². The van der Waals surface area contributed by atoms with E-state index in [1.165, 1.54) is 17.1 Å². The molecule has 0 radical (unpaired) electrons. The zero-order valence-corrected chi connectivity index (χ0v) is 70.4. The molecular weight excluding hydrogens is 1390 g/mol. The van der Waals surface area contributed by atoms with Gasteiger partial charge in [-0.15, -0.1) is 23.2 Å². The molecule has 6 atom stereocenters. The number of sulfone groups is 1. The molecule has 2 aromatic carbocycles. The fraction of sp³-hybridized carbons (Fsp3) is 0.615. The highest BCUT2D eigenvalue weighted by molar-refractivity contribution is 8.77. The van der Waals surface area contributed by atoms with Gasteiger partial charge in [-0.05, 0) is 91.5 Å². The average molecular weight is 1520 g/mol. The van der Waals surface area contributed by atoms with Crippen LogP contribution in [0.5, 0.6) is 0 Å². The minimum atomic E-state index is -3.10. The van der Waals surface area contributed by atoms with Crippen molar-refractivity contribution in [3.8, 4) is 0 Å². The SMILES string of the molecule is C=CC(C)(C)C.CC(C)(C)C.CC(C)(C)C(=O)ON1C(=O)CCC1=O.CC(C)(C)C=O.CC(C)(C)CCl.CC(C)(C)N1C(=O)C=CC1=O.CC(C)(C)SSc1ccccn1.CC(C)(C)[C@@H]1SC[C@@H]2NC(=O)N[C@@H]21.CC(C)(C)[C@H]1[C@H]2NC(=O)N[C@H]2CS1(=O)=O.O=C(c1ccccc1)c1ccccc1. The van der Waals surface area contributed by atoms with Gasteiger partial charge in [-0.1, -0.05) is 236 Å². The first-order chi connectivity index (χ1) is 46.1. The molecule has 4 N–H and O–H groups in total. The van der Waals surface area contributed by atoms with Gasteiger partial charge in [-0.2, -0.15) is 11.8 Å². The van der Waals surface area contributed by atoms with Gasteiger partial charge in [0, 0.05) is 74.9 Å². The summed E-state index contributed by atoms with van der Waals surface area (Å²) in [7, 11) is 0.469. The Bertz CT molecular complexity index is 3230. The molecule has 6 aliphatic heterocycles. The van der Waals surface area contributed by atoms with Crippen LogP contribution in [0.3, 0.4) is 0 Å². The molecule has 1 aromatic heterocycles. The lowest BCUT2D eigenvalue weighted by atomic mass is 9.86. The molecule has 3 aromatic rings. The van der Waals surface area contributed by atoms with Crippen molar-refractivity contribution in [3.05, 3.63) is 121 Å². The standard InChI is InChI=1S/C13H10O.C9H16N2O3S.C9H16N2OS.C9H13NO4.C9H13NS2.C8H11NO2.C6H12.C5H11Cl.C5H10O.C5H12/c14-13(11-7-3-1-4-8-11)12-9-5-2-6-10-12;1-9(2,3)7-6-5(4-15(7,13)14)10-8(12)11-6;1-9(2,3)7-6-5(4-13-7)10-8(12)11-6;1-9(2,3)8(13)14-10-6(11)4-5-7(10)12;1-9(2,3)12-11-8-6-4-5-7-10-8;1-8(2,3)9-6(10)4-5-7(9)11;1-5-6(2,3)4;2*1-5(2,3)4-6;1-5(2,3)4/h1-10H;5-7H,4H2,1-3H3,(H2,10,11,12);5-7H,4H2,1-3H3,(H2,10,11,12);4-5H2,1-3H3;4-7H,1-3H3;4-5H,1-3H3;5H,1H2,2-4H3;4H2,1-3H3;4H,1-3H3;1-4H3/t;2*5-,6-,7+;;;;;;;/m.00......./s1. The van der Waals surface area contributed by atoms with E-state index in [-0.39, 0.29) is 76.6 Å².